The Balaban J connectivity index is 1.59. The van der Waals surface area contributed by atoms with Crippen LogP contribution in [0.4, 0.5) is 4.79 Å². The summed E-state index contributed by atoms with van der Waals surface area (Å²) in [6.45, 7) is 22.5. The highest BCUT2D eigenvalue weighted by atomic mass is 16.6. The predicted octanol–water partition coefficient (Wildman–Crippen LogP) is 2.47. The second-order valence-electron chi connectivity index (χ2n) is 18.8. The predicted molar refractivity (Wildman–Crippen MR) is 322 cm³/mol. The summed E-state index contributed by atoms with van der Waals surface area (Å²) in [5.41, 5.74) is 0. The maximum absolute atomic E-state index is 12.0. The van der Waals surface area contributed by atoms with Crippen LogP contribution in [-0.2, 0) is 123 Å². The quantitative estimate of drug-likeness (QED) is 0.0653. The van der Waals surface area contributed by atoms with Crippen LogP contribution in [0.1, 0.15) is 38.5 Å². The number of carbonyl (C=O) groups is 2. The monoisotopic (exact) mass is 1300 g/mol. The summed E-state index contributed by atoms with van der Waals surface area (Å²) in [6.07, 6.45) is 8.74. The first-order valence-corrected chi connectivity index (χ1v) is 31.9. The maximum Gasteiger partial charge on any atom is 0.407 e. The van der Waals surface area contributed by atoms with E-state index < -0.39 is 5.97 Å². The van der Waals surface area contributed by atoms with Crippen molar-refractivity contribution >= 4 is 12.1 Å². The summed E-state index contributed by atoms with van der Waals surface area (Å²) in [5.74, 6) is -0.880. The minimum atomic E-state index is -0.880. The Morgan fingerprint density at radius 3 is 0.674 bits per heavy atom. The lowest BCUT2D eigenvalue weighted by Gasteiger charge is -2.18. The van der Waals surface area contributed by atoms with Gasteiger partial charge in [0, 0.05) is 6.54 Å². The number of hydrogen-bond acceptors (Lipinski definition) is 27. The van der Waals surface area contributed by atoms with Gasteiger partial charge in [-0.3, -0.25) is 4.79 Å². The SMILES string of the molecule is O=C(O)CCOCCOCCOCCOCCOCCOCCOCCOCCOCCOCCOCCOCCOCCOCCOCCOCCOCCOCCOCCOCCOCCOCCOCCOCCNC(=O)OC1CC/C=C\CCC1. The van der Waals surface area contributed by atoms with Crippen LogP contribution in [0.15, 0.2) is 12.2 Å². The third-order valence-electron chi connectivity index (χ3n) is 11.5. The van der Waals surface area contributed by atoms with E-state index in [-0.39, 0.29) is 25.2 Å². The first kappa shape index (κ1) is 84.5. The van der Waals surface area contributed by atoms with E-state index in [4.69, 9.17) is 124 Å². The topological polar surface area (TPSA) is 297 Å². The lowest BCUT2D eigenvalue weighted by Crippen LogP contribution is -2.31. The zero-order valence-corrected chi connectivity index (χ0v) is 53.6. The van der Waals surface area contributed by atoms with Crippen LogP contribution in [0.3, 0.4) is 0 Å². The maximum atomic E-state index is 12.0. The van der Waals surface area contributed by atoms with Crippen LogP contribution >= 0.6 is 0 Å². The molecular formula is C60H115NO28. The van der Waals surface area contributed by atoms with Crippen molar-refractivity contribution in [3.05, 3.63) is 12.2 Å². The Kier molecular flexibility index (Phi) is 72.4. The molecule has 1 amide bonds. The molecule has 0 heterocycles. The van der Waals surface area contributed by atoms with Crippen molar-refractivity contribution in [3.63, 3.8) is 0 Å². The molecule has 0 saturated heterocycles. The molecule has 0 aromatic rings. The Morgan fingerprint density at radius 1 is 0.270 bits per heavy atom. The van der Waals surface area contributed by atoms with Crippen LogP contribution in [-0.4, -0.2) is 347 Å². The molecule has 2 N–H and O–H groups in total. The van der Waals surface area contributed by atoms with Gasteiger partial charge in [0.25, 0.3) is 0 Å². The highest BCUT2D eigenvalue weighted by molar-refractivity contribution is 5.67. The van der Waals surface area contributed by atoms with Gasteiger partial charge in [-0.05, 0) is 32.1 Å². The zero-order chi connectivity index (χ0) is 63.4. The number of amides is 1. The van der Waals surface area contributed by atoms with Crippen LogP contribution in [0, 0.1) is 0 Å². The first-order chi connectivity index (χ1) is 44.2. The Hall–Kier alpha value is -2.48. The van der Waals surface area contributed by atoms with Crippen LogP contribution in [0.25, 0.3) is 0 Å². The molecule has 1 rings (SSSR count). The molecule has 0 aromatic carbocycles. The van der Waals surface area contributed by atoms with Crippen molar-refractivity contribution in [2.75, 3.05) is 324 Å². The van der Waals surface area contributed by atoms with Crippen molar-refractivity contribution in [2.24, 2.45) is 0 Å². The van der Waals surface area contributed by atoms with E-state index >= 15 is 0 Å². The number of carboxylic acids is 1. The van der Waals surface area contributed by atoms with Crippen molar-refractivity contribution in [1.29, 1.82) is 0 Å². The minimum Gasteiger partial charge on any atom is -0.481 e. The van der Waals surface area contributed by atoms with E-state index in [9.17, 15) is 9.59 Å². The van der Waals surface area contributed by atoms with Gasteiger partial charge in [0.15, 0.2) is 0 Å². The van der Waals surface area contributed by atoms with E-state index in [1.807, 2.05) is 0 Å². The largest absolute Gasteiger partial charge is 0.481 e. The van der Waals surface area contributed by atoms with Crippen molar-refractivity contribution < 1.29 is 133 Å². The first-order valence-electron chi connectivity index (χ1n) is 31.9. The van der Waals surface area contributed by atoms with Crippen molar-refractivity contribution in [2.45, 2.75) is 44.6 Å². The van der Waals surface area contributed by atoms with Crippen molar-refractivity contribution in [3.8, 4) is 0 Å². The number of carbonyl (C=O) groups excluding carboxylic acids is 1. The highest BCUT2D eigenvalue weighted by Crippen LogP contribution is 2.15. The molecule has 528 valence electrons. The summed E-state index contributed by atoms with van der Waals surface area (Å²) in [7, 11) is 0. The number of hydrogen-bond donors (Lipinski definition) is 2. The fourth-order valence-electron chi connectivity index (χ4n) is 6.98. The van der Waals surface area contributed by atoms with Gasteiger partial charge in [-0.2, -0.15) is 0 Å². The van der Waals surface area contributed by atoms with E-state index in [1.165, 1.54) is 0 Å². The van der Waals surface area contributed by atoms with E-state index in [1.54, 1.807) is 0 Å². The molecule has 0 aliphatic heterocycles. The molecule has 0 radical (unpaired) electrons. The standard InChI is InChI=1S/C60H115NO28/c62-59(63)8-10-65-12-14-67-16-18-69-20-22-71-24-26-73-28-30-75-32-34-77-36-38-79-40-42-81-44-46-83-48-50-85-52-54-87-56-57-88-55-53-86-51-49-84-47-45-82-43-41-80-39-37-78-35-33-76-31-29-74-27-25-72-23-21-70-19-17-68-15-13-66-11-9-61-60(64)89-58-6-4-2-1-3-5-7-58/h1-2,58H,3-57H2,(H,61,64)(H,62,63)/b2-1-. The molecule has 89 heavy (non-hydrogen) atoms. The molecule has 29 nitrogen and oxygen atoms in total. The lowest BCUT2D eigenvalue weighted by atomic mass is 10.0. The number of carboxylic acid groups (broad SMARTS) is 1. The number of ether oxygens (including phenoxy) is 25. The molecule has 29 heteroatoms. The van der Waals surface area contributed by atoms with Gasteiger partial charge in [0.2, 0.25) is 0 Å². The molecule has 1 aliphatic carbocycles. The van der Waals surface area contributed by atoms with E-state index in [0.29, 0.717) is 317 Å². The van der Waals surface area contributed by atoms with Crippen molar-refractivity contribution in [1.82, 2.24) is 5.32 Å². The third kappa shape index (κ3) is 74.4. The average Bonchev–Trinajstić information content (AvgIpc) is 3.57. The summed E-state index contributed by atoms with van der Waals surface area (Å²) in [5, 5.41) is 11.3. The second-order valence-corrected chi connectivity index (χ2v) is 18.8. The smallest absolute Gasteiger partial charge is 0.407 e. The van der Waals surface area contributed by atoms with Gasteiger partial charge in [0.1, 0.15) is 6.10 Å². The van der Waals surface area contributed by atoms with Gasteiger partial charge in [-0.25, -0.2) is 4.79 Å². The molecular weight excluding hydrogens is 1180 g/mol. The third-order valence-corrected chi connectivity index (χ3v) is 11.5. The average molecular weight is 1300 g/mol. The summed E-state index contributed by atoms with van der Waals surface area (Å²) < 4.78 is 137. The molecule has 0 bridgehead atoms. The number of rotatable bonds is 76. The Morgan fingerprint density at radius 2 is 0.461 bits per heavy atom. The lowest BCUT2D eigenvalue weighted by molar-refractivity contribution is -0.138. The van der Waals surface area contributed by atoms with Gasteiger partial charge in [-0.1, -0.05) is 12.2 Å². The summed E-state index contributed by atoms with van der Waals surface area (Å²) in [4.78, 5) is 22.4. The minimum absolute atomic E-state index is 0.0108. The fraction of sp³-hybridized carbons (Fsp3) is 0.933. The van der Waals surface area contributed by atoms with Gasteiger partial charge >= 0.3 is 12.1 Å². The normalized spacial score (nSPS) is 13.9. The Labute approximate surface area is 529 Å². The number of aliphatic carboxylic acids is 1. The van der Waals surface area contributed by atoms with Crippen LogP contribution in [0.2, 0.25) is 0 Å². The Bertz CT molecular complexity index is 1420. The number of allylic oxidation sites excluding steroid dienone is 2. The molecule has 0 fully saturated rings. The van der Waals surface area contributed by atoms with Gasteiger partial charge < -0.3 is 129 Å². The molecule has 1 unspecified atom stereocenters. The van der Waals surface area contributed by atoms with E-state index in [0.717, 1.165) is 32.1 Å². The number of alkyl carbamates (subject to hydrolysis) is 1. The summed E-state index contributed by atoms with van der Waals surface area (Å²) >= 11 is 0. The van der Waals surface area contributed by atoms with Gasteiger partial charge in [0.05, 0.1) is 324 Å². The van der Waals surface area contributed by atoms with Crippen LogP contribution in [0.5, 0.6) is 0 Å². The molecule has 0 spiro atoms. The van der Waals surface area contributed by atoms with E-state index in [2.05, 4.69) is 17.5 Å². The van der Waals surface area contributed by atoms with Crippen LogP contribution < -0.4 is 5.32 Å². The molecule has 0 saturated carbocycles. The van der Waals surface area contributed by atoms with Gasteiger partial charge in [-0.15, -0.1) is 0 Å². The number of nitrogens with one attached hydrogen (secondary N) is 1. The zero-order valence-electron chi connectivity index (χ0n) is 53.6. The fourth-order valence-corrected chi connectivity index (χ4v) is 6.98. The molecule has 1 aliphatic rings. The summed E-state index contributed by atoms with van der Waals surface area (Å²) in [6, 6.07) is 0. The molecule has 0 aromatic heterocycles. The second kappa shape index (κ2) is 76.2. The highest BCUT2D eigenvalue weighted by Gasteiger charge is 2.14. The molecule has 1 atom stereocenters.